The Morgan fingerprint density at radius 1 is 1.00 bits per heavy atom. The number of hydrogen-bond acceptors (Lipinski definition) is 6. The van der Waals surface area contributed by atoms with Crippen LogP contribution in [0.3, 0.4) is 0 Å². The molecule has 0 saturated carbocycles. The molecule has 3 aromatic heterocycles. The first-order valence-electron chi connectivity index (χ1n) is 9.21. The number of pyridine rings is 1. The molecule has 1 fully saturated rings. The molecule has 0 N–H and O–H groups in total. The maximum atomic E-state index is 12.7. The predicted octanol–water partition coefficient (Wildman–Crippen LogP) is 0.883. The summed E-state index contributed by atoms with van der Waals surface area (Å²) >= 11 is 0. The highest BCUT2D eigenvalue weighted by Crippen LogP contribution is 2.13. The Morgan fingerprint density at radius 2 is 1.79 bits per heavy atom. The van der Waals surface area contributed by atoms with Gasteiger partial charge in [0.25, 0.3) is 11.5 Å². The Hall–Kier alpha value is -3.75. The van der Waals surface area contributed by atoms with Crippen molar-refractivity contribution in [1.29, 1.82) is 0 Å². The van der Waals surface area contributed by atoms with E-state index < -0.39 is 0 Å². The molecule has 1 aliphatic rings. The lowest BCUT2D eigenvalue weighted by atomic mass is 10.2. The fraction of sp³-hybridized carbons (Fsp3) is 0.250. The van der Waals surface area contributed by atoms with E-state index in [1.165, 1.54) is 12.3 Å². The van der Waals surface area contributed by atoms with Crippen molar-refractivity contribution in [2.45, 2.75) is 6.54 Å². The summed E-state index contributed by atoms with van der Waals surface area (Å²) in [6.07, 6.45) is 4.75. The molecule has 3 aromatic rings. The van der Waals surface area contributed by atoms with E-state index in [2.05, 4.69) is 10.1 Å². The van der Waals surface area contributed by atoms with Crippen molar-refractivity contribution in [2.75, 3.05) is 26.2 Å². The average molecular weight is 393 g/mol. The Bertz CT molecular complexity index is 1050. The number of aromatic nitrogens is 3. The zero-order valence-electron chi connectivity index (χ0n) is 15.6. The molecule has 0 aliphatic carbocycles. The average Bonchev–Trinajstić information content (AvgIpc) is 3.30. The van der Waals surface area contributed by atoms with E-state index in [0.29, 0.717) is 31.9 Å². The molecular weight excluding hydrogens is 374 g/mol. The molecule has 0 bridgehead atoms. The molecule has 9 nitrogen and oxygen atoms in total. The molecule has 2 amide bonds. The number of piperazine rings is 1. The van der Waals surface area contributed by atoms with Crippen molar-refractivity contribution < 1.29 is 14.0 Å². The van der Waals surface area contributed by atoms with Crippen molar-refractivity contribution in [1.82, 2.24) is 24.6 Å². The van der Waals surface area contributed by atoms with E-state index in [4.69, 9.17) is 4.42 Å². The summed E-state index contributed by atoms with van der Waals surface area (Å²) in [5.74, 6) is -0.120. The molecule has 0 unspecified atom stereocenters. The number of carbonyl (C=O) groups excluding carboxylic acids is 2. The van der Waals surface area contributed by atoms with Crippen LogP contribution in [0.1, 0.15) is 10.6 Å². The van der Waals surface area contributed by atoms with E-state index in [1.54, 1.807) is 46.5 Å². The minimum absolute atomic E-state index is 0.154. The molecule has 148 valence electrons. The molecule has 0 spiro atoms. The minimum atomic E-state index is -0.349. The third-order valence-electron chi connectivity index (χ3n) is 4.76. The summed E-state index contributed by atoms with van der Waals surface area (Å²) in [7, 11) is 0. The molecule has 0 radical (unpaired) electrons. The van der Waals surface area contributed by atoms with Gasteiger partial charge in [0.1, 0.15) is 6.54 Å². The van der Waals surface area contributed by atoms with Crippen LogP contribution in [0.15, 0.2) is 64.3 Å². The number of nitrogens with zero attached hydrogens (tertiary/aromatic N) is 5. The van der Waals surface area contributed by atoms with Crippen molar-refractivity contribution in [3.63, 3.8) is 0 Å². The number of furan rings is 1. The van der Waals surface area contributed by atoms with Crippen molar-refractivity contribution >= 4 is 11.8 Å². The van der Waals surface area contributed by atoms with E-state index in [-0.39, 0.29) is 29.7 Å². The normalized spacial score (nSPS) is 14.1. The zero-order chi connectivity index (χ0) is 20.2. The molecule has 0 aromatic carbocycles. The van der Waals surface area contributed by atoms with Crippen molar-refractivity contribution in [2.24, 2.45) is 0 Å². The number of hydrogen-bond donors (Lipinski definition) is 0. The first-order chi connectivity index (χ1) is 14.1. The van der Waals surface area contributed by atoms with Crippen LogP contribution in [-0.4, -0.2) is 62.6 Å². The van der Waals surface area contributed by atoms with Gasteiger partial charge < -0.3 is 14.2 Å². The van der Waals surface area contributed by atoms with E-state index in [0.717, 1.165) is 10.2 Å². The van der Waals surface area contributed by atoms with Gasteiger partial charge in [-0.3, -0.25) is 19.4 Å². The van der Waals surface area contributed by atoms with Gasteiger partial charge in [-0.25, -0.2) is 4.68 Å². The van der Waals surface area contributed by atoms with Crippen molar-refractivity contribution in [3.05, 3.63) is 71.2 Å². The Balaban J connectivity index is 1.40. The van der Waals surface area contributed by atoms with Gasteiger partial charge in [-0.2, -0.15) is 5.10 Å². The van der Waals surface area contributed by atoms with Gasteiger partial charge in [0, 0.05) is 50.2 Å². The van der Waals surface area contributed by atoms with Crippen LogP contribution in [0.4, 0.5) is 0 Å². The Morgan fingerprint density at radius 3 is 2.48 bits per heavy atom. The van der Waals surface area contributed by atoms with Crippen LogP contribution in [0.25, 0.3) is 11.3 Å². The Kier molecular flexibility index (Phi) is 5.19. The van der Waals surface area contributed by atoms with Crippen LogP contribution < -0.4 is 5.56 Å². The Labute approximate surface area is 166 Å². The zero-order valence-corrected chi connectivity index (χ0v) is 15.6. The molecule has 4 heterocycles. The van der Waals surface area contributed by atoms with Gasteiger partial charge in [0.05, 0.1) is 12.0 Å². The lowest BCUT2D eigenvalue weighted by molar-refractivity contribution is -0.133. The summed E-state index contributed by atoms with van der Waals surface area (Å²) in [5, 5.41) is 4.29. The van der Waals surface area contributed by atoms with Crippen LogP contribution >= 0.6 is 0 Å². The summed E-state index contributed by atoms with van der Waals surface area (Å²) in [6, 6.07) is 9.90. The highest BCUT2D eigenvalue weighted by molar-refractivity contribution is 5.91. The largest absolute Gasteiger partial charge is 0.459 e. The second-order valence-electron chi connectivity index (χ2n) is 6.61. The highest BCUT2D eigenvalue weighted by atomic mass is 16.3. The van der Waals surface area contributed by atoms with Crippen LogP contribution in [0.2, 0.25) is 0 Å². The number of carbonyl (C=O) groups is 2. The molecular formula is C20H19N5O4. The van der Waals surface area contributed by atoms with E-state index >= 15 is 0 Å². The third-order valence-corrected chi connectivity index (χ3v) is 4.76. The predicted molar refractivity (Wildman–Crippen MR) is 103 cm³/mol. The van der Waals surface area contributed by atoms with E-state index in [9.17, 15) is 14.4 Å². The second kappa shape index (κ2) is 8.09. The van der Waals surface area contributed by atoms with E-state index in [1.807, 2.05) is 6.07 Å². The smallest absolute Gasteiger partial charge is 0.289 e. The van der Waals surface area contributed by atoms with Gasteiger partial charge in [0.2, 0.25) is 5.91 Å². The summed E-state index contributed by atoms with van der Waals surface area (Å²) < 4.78 is 6.30. The molecule has 0 atom stereocenters. The molecule has 4 rings (SSSR count). The van der Waals surface area contributed by atoms with Gasteiger partial charge in [-0.1, -0.05) is 0 Å². The monoisotopic (exact) mass is 393 g/mol. The first kappa shape index (κ1) is 18.6. The van der Waals surface area contributed by atoms with Crippen molar-refractivity contribution in [3.8, 4) is 11.3 Å². The fourth-order valence-electron chi connectivity index (χ4n) is 3.17. The molecule has 29 heavy (non-hydrogen) atoms. The second-order valence-corrected chi connectivity index (χ2v) is 6.61. The minimum Gasteiger partial charge on any atom is -0.459 e. The van der Waals surface area contributed by atoms with Gasteiger partial charge >= 0.3 is 0 Å². The lowest BCUT2D eigenvalue weighted by Gasteiger charge is -2.34. The first-order valence-corrected chi connectivity index (χ1v) is 9.21. The van der Waals surface area contributed by atoms with Gasteiger partial charge in [-0.05, 0) is 30.3 Å². The lowest BCUT2D eigenvalue weighted by Crippen LogP contribution is -2.51. The van der Waals surface area contributed by atoms with Crippen LogP contribution in [-0.2, 0) is 11.3 Å². The van der Waals surface area contributed by atoms with Crippen LogP contribution in [0, 0.1) is 0 Å². The fourth-order valence-corrected chi connectivity index (χ4v) is 3.17. The summed E-state index contributed by atoms with van der Waals surface area (Å²) in [4.78, 5) is 44.5. The van der Waals surface area contributed by atoms with Gasteiger partial charge in [0.15, 0.2) is 5.76 Å². The number of rotatable bonds is 4. The molecule has 1 aliphatic heterocycles. The van der Waals surface area contributed by atoms with Gasteiger partial charge in [-0.15, -0.1) is 0 Å². The maximum absolute atomic E-state index is 12.7. The topological polar surface area (TPSA) is 102 Å². The summed E-state index contributed by atoms with van der Waals surface area (Å²) in [6.45, 7) is 1.44. The third kappa shape index (κ3) is 4.08. The van der Waals surface area contributed by atoms with Crippen LogP contribution in [0.5, 0.6) is 0 Å². The SMILES string of the molecule is O=C(Cn1nc(-c2cccnc2)ccc1=O)N1CCN(C(=O)c2ccco2)CC1. The maximum Gasteiger partial charge on any atom is 0.289 e. The number of amides is 2. The molecule has 9 heteroatoms. The molecule has 1 saturated heterocycles. The standard InChI is InChI=1S/C20H19N5O4/c26-18-6-5-16(15-3-1-7-21-13-15)22-25(18)14-19(27)23-8-10-24(11-9-23)20(28)17-4-2-12-29-17/h1-7,12-13H,8-11,14H2. The highest BCUT2D eigenvalue weighted by Gasteiger charge is 2.26. The quantitative estimate of drug-likeness (QED) is 0.652. The summed E-state index contributed by atoms with van der Waals surface area (Å²) in [5.41, 5.74) is 0.982.